The first-order chi connectivity index (χ1) is 4.84. The summed E-state index contributed by atoms with van der Waals surface area (Å²) < 4.78 is 0. The van der Waals surface area contributed by atoms with Gasteiger partial charge in [0.25, 0.3) is 0 Å². The molecule has 12 heavy (non-hydrogen) atoms. The van der Waals surface area contributed by atoms with Crippen molar-refractivity contribution in [3.8, 4) is 0 Å². The molecule has 0 radical (unpaired) electrons. The number of nitrogen functional groups attached to an aromatic ring is 1. The second-order valence-electron chi connectivity index (χ2n) is 1.97. The van der Waals surface area contributed by atoms with Gasteiger partial charge in [-0.3, -0.25) is 0 Å². The van der Waals surface area contributed by atoms with Gasteiger partial charge in [0.1, 0.15) is 5.82 Å². The second kappa shape index (κ2) is 7.00. The zero-order chi connectivity index (χ0) is 7.40. The molecule has 3 nitrogen and oxygen atoms in total. The molecule has 0 atom stereocenters. The van der Waals surface area contributed by atoms with Crippen LogP contribution in [0, 0.1) is 0 Å². The lowest BCUT2D eigenvalue weighted by Crippen LogP contribution is -2.02. The number of hydrogen-bond donors (Lipinski definition) is 2. The Kier molecular flexibility index (Phi) is 8.11. The van der Waals surface area contributed by atoms with Crippen LogP contribution in [0.5, 0.6) is 0 Å². The Bertz CT molecular complexity index is 218. The number of hydrogen-bond acceptors (Lipinski definition) is 3. The molecule has 0 saturated heterocycles. The molecule has 0 aliphatic heterocycles. The van der Waals surface area contributed by atoms with E-state index in [4.69, 9.17) is 5.73 Å². The van der Waals surface area contributed by atoms with Gasteiger partial charge in [-0.15, -0.1) is 24.8 Å². The molecule has 0 unspecified atom stereocenters. The maximum Gasteiger partial charge on any atom is 0.149 e. The fraction of sp³-hybridized carbons (Fsp3) is 0.286. The summed E-state index contributed by atoms with van der Waals surface area (Å²) in [6.07, 6.45) is 1.72. The lowest BCUT2D eigenvalue weighted by Gasteiger charge is -2.03. The van der Waals surface area contributed by atoms with Crippen LogP contribution in [0.3, 0.4) is 0 Å². The Morgan fingerprint density at radius 1 is 1.50 bits per heavy atom. The lowest BCUT2D eigenvalue weighted by molar-refractivity contribution is 1.16. The van der Waals surface area contributed by atoms with Gasteiger partial charge >= 0.3 is 0 Å². The average molecular weight is 210 g/mol. The molecule has 3 N–H and O–H groups in total. The third kappa shape index (κ3) is 3.64. The third-order valence-electron chi connectivity index (χ3n) is 1.18. The number of pyridine rings is 1. The van der Waals surface area contributed by atoms with E-state index in [9.17, 15) is 0 Å². The topological polar surface area (TPSA) is 50.9 Å². The van der Waals surface area contributed by atoms with Crippen molar-refractivity contribution in [3.05, 3.63) is 18.3 Å². The number of rotatable bonds is 2. The van der Waals surface area contributed by atoms with E-state index in [-0.39, 0.29) is 24.8 Å². The molecule has 0 saturated carbocycles. The van der Waals surface area contributed by atoms with Crippen molar-refractivity contribution in [1.82, 2.24) is 4.98 Å². The van der Waals surface area contributed by atoms with Crippen molar-refractivity contribution in [2.45, 2.75) is 6.92 Å². The Balaban J connectivity index is 0. The van der Waals surface area contributed by atoms with Crippen molar-refractivity contribution in [1.29, 1.82) is 0 Å². The highest BCUT2D eigenvalue weighted by molar-refractivity contribution is 5.85. The molecule has 0 aliphatic rings. The summed E-state index contributed by atoms with van der Waals surface area (Å²) in [4.78, 5) is 4.03. The molecule has 1 aromatic rings. The number of aromatic nitrogens is 1. The van der Waals surface area contributed by atoms with Gasteiger partial charge < -0.3 is 11.1 Å². The molecule has 1 aromatic heterocycles. The standard InChI is InChI=1S/C7H11N3.2ClH/c1-2-9-7-6(8)4-3-5-10-7;;/h3-5H,2,8H2,1H3,(H,9,10);2*1H. The maximum atomic E-state index is 5.58. The molecule has 0 fully saturated rings. The van der Waals surface area contributed by atoms with E-state index in [2.05, 4.69) is 10.3 Å². The summed E-state index contributed by atoms with van der Waals surface area (Å²) in [5.41, 5.74) is 6.28. The first-order valence-corrected chi connectivity index (χ1v) is 3.29. The fourth-order valence-corrected chi connectivity index (χ4v) is 0.733. The summed E-state index contributed by atoms with van der Waals surface area (Å²) in [6.45, 7) is 2.86. The molecule has 0 aliphatic carbocycles. The molecule has 1 heterocycles. The molecule has 0 amide bonds. The zero-order valence-corrected chi connectivity index (χ0v) is 8.41. The predicted octanol–water partition coefficient (Wildman–Crippen LogP) is 1.94. The van der Waals surface area contributed by atoms with Crippen LogP contribution in [0.25, 0.3) is 0 Å². The maximum absolute atomic E-state index is 5.58. The van der Waals surface area contributed by atoms with Gasteiger partial charge in [-0.05, 0) is 19.1 Å². The van der Waals surface area contributed by atoms with E-state index in [1.165, 1.54) is 0 Å². The minimum absolute atomic E-state index is 0. The molecule has 0 aromatic carbocycles. The number of nitrogens with two attached hydrogens (primary N) is 1. The second-order valence-corrected chi connectivity index (χ2v) is 1.97. The predicted molar refractivity (Wildman–Crippen MR) is 57.3 cm³/mol. The van der Waals surface area contributed by atoms with Gasteiger partial charge in [0, 0.05) is 12.7 Å². The molecule has 5 heteroatoms. The van der Waals surface area contributed by atoms with E-state index in [1.54, 1.807) is 6.20 Å². The molecule has 70 valence electrons. The third-order valence-corrected chi connectivity index (χ3v) is 1.18. The highest BCUT2D eigenvalue weighted by Gasteiger charge is 1.93. The van der Waals surface area contributed by atoms with Gasteiger partial charge in [0.15, 0.2) is 0 Å². The Morgan fingerprint density at radius 2 is 2.17 bits per heavy atom. The lowest BCUT2D eigenvalue weighted by atomic mass is 10.4. The first kappa shape index (κ1) is 13.9. The monoisotopic (exact) mass is 209 g/mol. The summed E-state index contributed by atoms with van der Waals surface area (Å²) in [6, 6.07) is 3.64. The van der Waals surface area contributed by atoms with Gasteiger partial charge in [-0.2, -0.15) is 0 Å². The zero-order valence-electron chi connectivity index (χ0n) is 6.78. The number of halogens is 2. The summed E-state index contributed by atoms with van der Waals surface area (Å²) in [5, 5.41) is 3.04. The summed E-state index contributed by atoms with van der Waals surface area (Å²) >= 11 is 0. The molecular weight excluding hydrogens is 197 g/mol. The van der Waals surface area contributed by atoms with Crippen LogP contribution in [-0.4, -0.2) is 11.5 Å². The SMILES string of the molecule is CCNc1ncccc1N.Cl.Cl. The van der Waals surface area contributed by atoms with Crippen LogP contribution in [0.15, 0.2) is 18.3 Å². The molecule has 0 bridgehead atoms. The van der Waals surface area contributed by atoms with E-state index in [1.807, 2.05) is 19.1 Å². The van der Waals surface area contributed by atoms with Crippen LogP contribution in [0.4, 0.5) is 11.5 Å². The summed E-state index contributed by atoms with van der Waals surface area (Å²) in [7, 11) is 0. The van der Waals surface area contributed by atoms with Crippen molar-refractivity contribution >= 4 is 36.3 Å². The van der Waals surface area contributed by atoms with Gasteiger partial charge in [0.2, 0.25) is 0 Å². The highest BCUT2D eigenvalue weighted by atomic mass is 35.5. The van der Waals surface area contributed by atoms with Crippen LogP contribution in [-0.2, 0) is 0 Å². The van der Waals surface area contributed by atoms with Crippen molar-refractivity contribution in [3.63, 3.8) is 0 Å². The molecule has 1 rings (SSSR count). The molecular formula is C7H13Cl2N3. The Morgan fingerprint density at radius 3 is 2.67 bits per heavy atom. The number of nitrogens with one attached hydrogen (secondary N) is 1. The van der Waals surface area contributed by atoms with Crippen LogP contribution >= 0.6 is 24.8 Å². The largest absolute Gasteiger partial charge is 0.396 e. The van der Waals surface area contributed by atoms with Gasteiger partial charge in [0.05, 0.1) is 5.69 Å². The summed E-state index contributed by atoms with van der Waals surface area (Å²) in [5.74, 6) is 0.769. The van der Waals surface area contributed by atoms with Crippen molar-refractivity contribution in [2.24, 2.45) is 0 Å². The van der Waals surface area contributed by atoms with Crippen molar-refractivity contribution < 1.29 is 0 Å². The smallest absolute Gasteiger partial charge is 0.149 e. The number of anilines is 2. The van der Waals surface area contributed by atoms with Crippen LogP contribution < -0.4 is 11.1 Å². The minimum atomic E-state index is 0. The van der Waals surface area contributed by atoms with Gasteiger partial charge in [-0.25, -0.2) is 4.98 Å². The first-order valence-electron chi connectivity index (χ1n) is 3.29. The van der Waals surface area contributed by atoms with E-state index < -0.39 is 0 Å². The van der Waals surface area contributed by atoms with E-state index in [0.717, 1.165) is 12.4 Å². The average Bonchev–Trinajstić information content (AvgIpc) is 1.94. The fourth-order valence-electron chi connectivity index (χ4n) is 0.733. The quantitative estimate of drug-likeness (QED) is 0.784. The van der Waals surface area contributed by atoms with Gasteiger partial charge in [-0.1, -0.05) is 0 Å². The van der Waals surface area contributed by atoms with Crippen LogP contribution in [0.2, 0.25) is 0 Å². The normalized spacial score (nSPS) is 7.75. The van der Waals surface area contributed by atoms with Crippen LogP contribution in [0.1, 0.15) is 6.92 Å². The number of nitrogens with zero attached hydrogens (tertiary/aromatic N) is 1. The Labute approximate surface area is 84.6 Å². The minimum Gasteiger partial charge on any atom is -0.396 e. The highest BCUT2D eigenvalue weighted by Crippen LogP contribution is 2.11. The Hall–Kier alpha value is -0.670. The molecule has 0 spiro atoms. The van der Waals surface area contributed by atoms with E-state index in [0.29, 0.717) is 5.69 Å². The van der Waals surface area contributed by atoms with Crippen molar-refractivity contribution in [2.75, 3.05) is 17.6 Å². The van der Waals surface area contributed by atoms with E-state index >= 15 is 0 Å².